The van der Waals surface area contributed by atoms with Gasteiger partial charge in [0.05, 0.1) is 5.92 Å². The number of aliphatic carboxylic acids is 1. The number of carboxylic acids is 1. The normalized spacial score (nSPS) is 24.8. The molecule has 2 atom stereocenters. The highest BCUT2D eigenvalue weighted by molar-refractivity contribution is 6.30. The highest BCUT2D eigenvalue weighted by atomic mass is 35.5. The summed E-state index contributed by atoms with van der Waals surface area (Å²) in [6.07, 6.45) is 3.44. The van der Waals surface area contributed by atoms with E-state index in [1.165, 1.54) is 0 Å². The van der Waals surface area contributed by atoms with Crippen molar-refractivity contribution in [2.45, 2.75) is 38.2 Å². The lowest BCUT2D eigenvalue weighted by molar-refractivity contribution is -0.141. The predicted octanol–water partition coefficient (Wildman–Crippen LogP) is 3.21. The van der Waals surface area contributed by atoms with Crippen molar-refractivity contribution in [3.05, 3.63) is 29.3 Å². The SMILES string of the molecule is O=C(O)C1CCC(C(=O)N2CCC(Oc3cccc(Cl)c3)CC2)C1. The lowest BCUT2D eigenvalue weighted by Crippen LogP contribution is -2.44. The molecule has 2 fully saturated rings. The lowest BCUT2D eigenvalue weighted by Gasteiger charge is -2.33. The second-order valence-corrected chi connectivity index (χ2v) is 7.08. The smallest absolute Gasteiger partial charge is 0.306 e. The summed E-state index contributed by atoms with van der Waals surface area (Å²) in [5, 5.41) is 9.71. The van der Waals surface area contributed by atoms with Gasteiger partial charge in [0.25, 0.3) is 0 Å². The van der Waals surface area contributed by atoms with Crippen LogP contribution >= 0.6 is 11.6 Å². The van der Waals surface area contributed by atoms with Gasteiger partial charge in [0, 0.05) is 36.9 Å². The van der Waals surface area contributed by atoms with Gasteiger partial charge >= 0.3 is 5.97 Å². The van der Waals surface area contributed by atoms with Crippen LogP contribution in [0.2, 0.25) is 5.02 Å². The Balaban J connectivity index is 1.48. The number of hydrogen-bond acceptors (Lipinski definition) is 3. The van der Waals surface area contributed by atoms with Crippen molar-refractivity contribution < 1.29 is 19.4 Å². The molecule has 1 aliphatic heterocycles. The third-order valence-electron chi connectivity index (χ3n) is 4.98. The average Bonchev–Trinajstić information content (AvgIpc) is 3.05. The van der Waals surface area contributed by atoms with Crippen molar-refractivity contribution in [2.24, 2.45) is 11.8 Å². The topological polar surface area (TPSA) is 66.8 Å². The monoisotopic (exact) mass is 351 g/mol. The number of likely N-dealkylation sites (tertiary alicyclic amines) is 1. The number of carbonyl (C=O) groups excluding carboxylic acids is 1. The molecular formula is C18H22ClNO4. The van der Waals surface area contributed by atoms with Crippen LogP contribution in [0.25, 0.3) is 0 Å². The maximum absolute atomic E-state index is 12.6. The molecule has 2 unspecified atom stereocenters. The summed E-state index contributed by atoms with van der Waals surface area (Å²) in [6.45, 7) is 1.33. The van der Waals surface area contributed by atoms with Crippen LogP contribution in [0.4, 0.5) is 0 Å². The van der Waals surface area contributed by atoms with Gasteiger partial charge in [-0.15, -0.1) is 0 Å². The number of halogens is 1. The number of ether oxygens (including phenoxy) is 1. The summed E-state index contributed by atoms with van der Waals surface area (Å²) in [4.78, 5) is 25.5. The van der Waals surface area contributed by atoms with Gasteiger partial charge in [-0.2, -0.15) is 0 Å². The van der Waals surface area contributed by atoms with Crippen LogP contribution in [0, 0.1) is 11.8 Å². The standard InChI is InChI=1S/C18H22ClNO4/c19-14-2-1-3-16(11-14)24-15-6-8-20(9-7-15)17(21)12-4-5-13(10-12)18(22)23/h1-3,11-13,15H,4-10H2,(H,22,23). The molecule has 3 rings (SSSR count). The number of rotatable bonds is 4. The van der Waals surface area contributed by atoms with E-state index in [2.05, 4.69) is 0 Å². The summed E-state index contributed by atoms with van der Waals surface area (Å²) < 4.78 is 5.94. The van der Waals surface area contributed by atoms with Crippen molar-refractivity contribution in [1.82, 2.24) is 4.90 Å². The lowest BCUT2D eigenvalue weighted by atomic mass is 10.0. The van der Waals surface area contributed by atoms with Crippen molar-refractivity contribution >= 4 is 23.5 Å². The third kappa shape index (κ3) is 4.01. The molecule has 130 valence electrons. The number of piperidine rings is 1. The fraction of sp³-hybridized carbons (Fsp3) is 0.556. The first-order valence-electron chi connectivity index (χ1n) is 8.46. The molecule has 0 radical (unpaired) electrons. The Hall–Kier alpha value is -1.75. The van der Waals surface area contributed by atoms with E-state index in [0.717, 1.165) is 18.6 Å². The molecule has 1 heterocycles. The average molecular weight is 352 g/mol. The maximum atomic E-state index is 12.6. The van der Waals surface area contributed by atoms with Crippen LogP contribution in [-0.2, 0) is 9.59 Å². The van der Waals surface area contributed by atoms with Crippen LogP contribution in [0.5, 0.6) is 5.75 Å². The Morgan fingerprint density at radius 1 is 1.12 bits per heavy atom. The molecule has 6 heteroatoms. The number of benzene rings is 1. The molecule has 1 saturated heterocycles. The number of carboxylic acid groups (broad SMARTS) is 1. The minimum absolute atomic E-state index is 0.0860. The van der Waals surface area contributed by atoms with E-state index >= 15 is 0 Å². The van der Waals surface area contributed by atoms with Gasteiger partial charge in [0.15, 0.2) is 0 Å². The Labute approximate surface area is 146 Å². The number of nitrogens with zero attached hydrogens (tertiary/aromatic N) is 1. The Morgan fingerprint density at radius 3 is 2.46 bits per heavy atom. The van der Waals surface area contributed by atoms with E-state index in [1.807, 2.05) is 23.1 Å². The largest absolute Gasteiger partial charge is 0.490 e. The zero-order chi connectivity index (χ0) is 17.1. The van der Waals surface area contributed by atoms with Crippen molar-refractivity contribution in [3.63, 3.8) is 0 Å². The molecule has 0 bridgehead atoms. The zero-order valence-electron chi connectivity index (χ0n) is 13.5. The van der Waals surface area contributed by atoms with Gasteiger partial charge < -0.3 is 14.7 Å². The van der Waals surface area contributed by atoms with Gasteiger partial charge in [0.2, 0.25) is 5.91 Å². The number of amides is 1. The fourth-order valence-corrected chi connectivity index (χ4v) is 3.80. The van der Waals surface area contributed by atoms with Crippen molar-refractivity contribution in [3.8, 4) is 5.75 Å². The first-order chi connectivity index (χ1) is 11.5. The molecule has 24 heavy (non-hydrogen) atoms. The highest BCUT2D eigenvalue weighted by Gasteiger charge is 2.36. The summed E-state index contributed by atoms with van der Waals surface area (Å²) in [6, 6.07) is 7.34. The van der Waals surface area contributed by atoms with E-state index in [4.69, 9.17) is 21.4 Å². The summed E-state index contributed by atoms with van der Waals surface area (Å²) >= 11 is 5.96. The fourth-order valence-electron chi connectivity index (χ4n) is 3.62. The van der Waals surface area contributed by atoms with Crippen LogP contribution in [-0.4, -0.2) is 41.1 Å². The molecule has 1 amide bonds. The Bertz CT molecular complexity index is 613. The maximum Gasteiger partial charge on any atom is 0.306 e. The molecule has 1 saturated carbocycles. The van der Waals surface area contributed by atoms with Crippen LogP contribution in [0.1, 0.15) is 32.1 Å². The van der Waals surface area contributed by atoms with Crippen LogP contribution in [0.15, 0.2) is 24.3 Å². The van der Waals surface area contributed by atoms with E-state index in [9.17, 15) is 9.59 Å². The van der Waals surface area contributed by atoms with Crippen LogP contribution in [0.3, 0.4) is 0 Å². The molecule has 2 aliphatic rings. The second-order valence-electron chi connectivity index (χ2n) is 6.65. The summed E-state index contributed by atoms with van der Waals surface area (Å²) in [5.41, 5.74) is 0. The minimum Gasteiger partial charge on any atom is -0.490 e. The van der Waals surface area contributed by atoms with Crippen LogP contribution < -0.4 is 4.74 Å². The van der Waals surface area contributed by atoms with Crippen molar-refractivity contribution in [1.29, 1.82) is 0 Å². The first-order valence-corrected chi connectivity index (χ1v) is 8.84. The molecule has 1 aliphatic carbocycles. The number of hydrogen-bond donors (Lipinski definition) is 1. The van der Waals surface area contributed by atoms with Gasteiger partial charge in [-0.05, 0) is 37.5 Å². The predicted molar refractivity (Wildman–Crippen MR) is 90.1 cm³/mol. The van der Waals surface area contributed by atoms with Gasteiger partial charge in [-0.3, -0.25) is 9.59 Å². The molecule has 1 aromatic rings. The van der Waals surface area contributed by atoms with E-state index in [-0.39, 0.29) is 23.8 Å². The number of carbonyl (C=O) groups is 2. The summed E-state index contributed by atoms with van der Waals surface area (Å²) in [5.74, 6) is -0.398. The first kappa shape index (κ1) is 17.1. The third-order valence-corrected chi connectivity index (χ3v) is 5.22. The van der Waals surface area contributed by atoms with E-state index in [0.29, 0.717) is 37.4 Å². The molecule has 1 N–H and O–H groups in total. The molecule has 5 nitrogen and oxygen atoms in total. The van der Waals surface area contributed by atoms with Gasteiger partial charge in [-0.1, -0.05) is 17.7 Å². The zero-order valence-corrected chi connectivity index (χ0v) is 14.2. The molecule has 0 spiro atoms. The Kier molecular flexibility index (Phi) is 5.29. The minimum atomic E-state index is -0.779. The molecular weight excluding hydrogens is 330 g/mol. The molecule has 0 aromatic heterocycles. The van der Waals surface area contributed by atoms with E-state index in [1.54, 1.807) is 6.07 Å². The highest BCUT2D eigenvalue weighted by Crippen LogP contribution is 2.33. The van der Waals surface area contributed by atoms with Crippen molar-refractivity contribution in [2.75, 3.05) is 13.1 Å². The Morgan fingerprint density at radius 2 is 1.83 bits per heavy atom. The van der Waals surface area contributed by atoms with Gasteiger partial charge in [0.1, 0.15) is 11.9 Å². The second kappa shape index (κ2) is 7.43. The quantitative estimate of drug-likeness (QED) is 0.904. The molecule has 1 aromatic carbocycles. The van der Waals surface area contributed by atoms with Gasteiger partial charge in [-0.25, -0.2) is 0 Å². The summed E-state index contributed by atoms with van der Waals surface area (Å²) in [7, 11) is 0. The van der Waals surface area contributed by atoms with E-state index < -0.39 is 5.97 Å².